The molecule has 15 heavy (non-hydrogen) atoms. The van der Waals surface area contributed by atoms with Crippen molar-refractivity contribution in [3.63, 3.8) is 0 Å². The van der Waals surface area contributed by atoms with Gasteiger partial charge in [-0.2, -0.15) is 0 Å². The number of methoxy groups -OCH3 is 1. The van der Waals surface area contributed by atoms with Crippen molar-refractivity contribution in [2.75, 3.05) is 7.11 Å². The first-order chi connectivity index (χ1) is 6.94. The highest BCUT2D eigenvalue weighted by Crippen LogP contribution is 2.31. The van der Waals surface area contributed by atoms with Gasteiger partial charge in [0.2, 0.25) is 0 Å². The molecule has 0 saturated carbocycles. The van der Waals surface area contributed by atoms with Gasteiger partial charge >= 0.3 is 0 Å². The van der Waals surface area contributed by atoms with Crippen molar-refractivity contribution in [1.29, 1.82) is 0 Å². The third kappa shape index (κ3) is 3.56. The first-order valence-electron chi connectivity index (χ1n) is 5.32. The van der Waals surface area contributed by atoms with E-state index in [1.165, 1.54) is 0 Å². The first-order valence-corrected chi connectivity index (χ1v) is 5.32. The zero-order valence-corrected chi connectivity index (χ0v) is 10.1. The molecule has 0 aromatic heterocycles. The predicted molar refractivity (Wildman–Crippen MR) is 64.0 cm³/mol. The molecule has 0 aliphatic rings. The van der Waals surface area contributed by atoms with Crippen molar-refractivity contribution in [3.05, 3.63) is 29.8 Å². The standard InChI is InChI=1S/C13H21NO/c1-13(2,3)9-11(14)10-7-5-6-8-12(10)15-4/h5-8,11H,9,14H2,1-4H3/t11-/m0/s1. The van der Waals surface area contributed by atoms with Crippen LogP contribution in [0.3, 0.4) is 0 Å². The lowest BCUT2D eigenvalue weighted by Gasteiger charge is -2.24. The quantitative estimate of drug-likeness (QED) is 0.826. The number of rotatable bonds is 3. The van der Waals surface area contributed by atoms with Crippen LogP contribution < -0.4 is 10.5 Å². The van der Waals surface area contributed by atoms with Crippen LogP contribution in [0, 0.1) is 5.41 Å². The molecule has 0 heterocycles. The van der Waals surface area contributed by atoms with Gasteiger partial charge in [-0.05, 0) is 17.9 Å². The molecule has 0 saturated heterocycles. The maximum atomic E-state index is 6.18. The minimum atomic E-state index is 0.0427. The van der Waals surface area contributed by atoms with E-state index in [4.69, 9.17) is 10.5 Å². The largest absolute Gasteiger partial charge is 0.496 e. The van der Waals surface area contributed by atoms with Gasteiger partial charge < -0.3 is 10.5 Å². The number of benzene rings is 1. The molecule has 2 N–H and O–H groups in total. The fourth-order valence-electron chi connectivity index (χ4n) is 1.74. The topological polar surface area (TPSA) is 35.2 Å². The molecule has 0 aliphatic carbocycles. The summed E-state index contributed by atoms with van der Waals surface area (Å²) < 4.78 is 5.30. The van der Waals surface area contributed by atoms with Gasteiger partial charge in [-0.3, -0.25) is 0 Å². The summed E-state index contributed by atoms with van der Waals surface area (Å²) in [4.78, 5) is 0. The van der Waals surface area contributed by atoms with Crippen molar-refractivity contribution in [2.45, 2.75) is 33.2 Å². The number of hydrogen-bond donors (Lipinski definition) is 1. The molecular weight excluding hydrogens is 186 g/mol. The Bertz CT molecular complexity index is 315. The van der Waals surface area contributed by atoms with Gasteiger partial charge in [-0.15, -0.1) is 0 Å². The number of para-hydroxylation sites is 1. The summed E-state index contributed by atoms with van der Waals surface area (Å²) in [6.07, 6.45) is 0.952. The zero-order valence-electron chi connectivity index (χ0n) is 10.1. The van der Waals surface area contributed by atoms with E-state index in [9.17, 15) is 0 Å². The fourth-order valence-corrected chi connectivity index (χ4v) is 1.74. The number of nitrogens with two attached hydrogens (primary N) is 1. The van der Waals surface area contributed by atoms with Gasteiger partial charge in [-0.1, -0.05) is 39.0 Å². The molecule has 1 aromatic carbocycles. The highest BCUT2D eigenvalue weighted by Gasteiger charge is 2.19. The Morgan fingerprint density at radius 2 is 1.87 bits per heavy atom. The molecule has 0 bridgehead atoms. The van der Waals surface area contributed by atoms with E-state index < -0.39 is 0 Å². The monoisotopic (exact) mass is 207 g/mol. The molecule has 0 spiro atoms. The Hall–Kier alpha value is -1.02. The second kappa shape index (κ2) is 4.67. The lowest BCUT2D eigenvalue weighted by atomic mass is 9.85. The Labute approximate surface area is 92.4 Å². The Balaban J connectivity index is 2.86. The fraction of sp³-hybridized carbons (Fsp3) is 0.538. The molecule has 2 heteroatoms. The van der Waals surface area contributed by atoms with Gasteiger partial charge in [0.15, 0.2) is 0 Å². The highest BCUT2D eigenvalue weighted by atomic mass is 16.5. The van der Waals surface area contributed by atoms with Crippen LogP contribution in [0.5, 0.6) is 5.75 Å². The second-order valence-electron chi connectivity index (χ2n) is 5.11. The molecule has 0 aliphatic heterocycles. The summed E-state index contributed by atoms with van der Waals surface area (Å²) >= 11 is 0. The molecule has 0 fully saturated rings. The van der Waals surface area contributed by atoms with Gasteiger partial charge in [0.25, 0.3) is 0 Å². The van der Waals surface area contributed by atoms with Crippen LogP contribution in [-0.4, -0.2) is 7.11 Å². The lowest BCUT2D eigenvalue weighted by Crippen LogP contribution is -2.19. The van der Waals surface area contributed by atoms with Crippen molar-refractivity contribution in [1.82, 2.24) is 0 Å². The first kappa shape index (κ1) is 12.1. The van der Waals surface area contributed by atoms with Crippen LogP contribution in [0.2, 0.25) is 0 Å². The summed E-state index contributed by atoms with van der Waals surface area (Å²) in [7, 11) is 1.68. The summed E-state index contributed by atoms with van der Waals surface area (Å²) in [5.74, 6) is 0.884. The summed E-state index contributed by atoms with van der Waals surface area (Å²) in [5.41, 5.74) is 7.51. The molecule has 0 radical (unpaired) electrons. The molecule has 0 amide bonds. The Morgan fingerprint density at radius 1 is 1.27 bits per heavy atom. The van der Waals surface area contributed by atoms with Gasteiger partial charge in [0.1, 0.15) is 5.75 Å². The molecule has 2 nitrogen and oxygen atoms in total. The molecule has 1 aromatic rings. The Kier molecular flexibility index (Phi) is 3.75. The Morgan fingerprint density at radius 3 is 2.40 bits per heavy atom. The van der Waals surface area contributed by atoms with Crippen molar-refractivity contribution in [2.24, 2.45) is 11.1 Å². The summed E-state index contributed by atoms with van der Waals surface area (Å²) in [5, 5.41) is 0. The third-order valence-corrected chi connectivity index (χ3v) is 2.37. The van der Waals surface area contributed by atoms with Gasteiger partial charge in [0, 0.05) is 11.6 Å². The normalized spacial score (nSPS) is 13.7. The van der Waals surface area contributed by atoms with E-state index in [0.29, 0.717) is 0 Å². The summed E-state index contributed by atoms with van der Waals surface area (Å²) in [6, 6.07) is 8.00. The average molecular weight is 207 g/mol. The van der Waals surface area contributed by atoms with E-state index in [2.05, 4.69) is 20.8 Å². The van der Waals surface area contributed by atoms with Crippen LogP contribution in [0.15, 0.2) is 24.3 Å². The smallest absolute Gasteiger partial charge is 0.123 e. The molecular formula is C13H21NO. The van der Waals surface area contributed by atoms with Gasteiger partial charge in [-0.25, -0.2) is 0 Å². The van der Waals surface area contributed by atoms with Crippen LogP contribution in [0.1, 0.15) is 38.8 Å². The van der Waals surface area contributed by atoms with Crippen LogP contribution >= 0.6 is 0 Å². The maximum Gasteiger partial charge on any atom is 0.123 e. The second-order valence-corrected chi connectivity index (χ2v) is 5.11. The van der Waals surface area contributed by atoms with Crippen LogP contribution in [-0.2, 0) is 0 Å². The van der Waals surface area contributed by atoms with Crippen LogP contribution in [0.25, 0.3) is 0 Å². The highest BCUT2D eigenvalue weighted by molar-refractivity contribution is 5.35. The van der Waals surface area contributed by atoms with E-state index in [0.717, 1.165) is 17.7 Å². The minimum absolute atomic E-state index is 0.0427. The van der Waals surface area contributed by atoms with E-state index in [1.54, 1.807) is 7.11 Å². The van der Waals surface area contributed by atoms with E-state index >= 15 is 0 Å². The molecule has 1 atom stereocenters. The van der Waals surface area contributed by atoms with Crippen molar-refractivity contribution >= 4 is 0 Å². The third-order valence-electron chi connectivity index (χ3n) is 2.37. The molecule has 1 rings (SSSR count). The van der Waals surface area contributed by atoms with Gasteiger partial charge in [0.05, 0.1) is 7.11 Å². The van der Waals surface area contributed by atoms with Crippen molar-refractivity contribution < 1.29 is 4.74 Å². The number of ether oxygens (including phenoxy) is 1. The maximum absolute atomic E-state index is 6.18. The predicted octanol–water partition coefficient (Wildman–Crippen LogP) is 3.13. The summed E-state index contributed by atoms with van der Waals surface area (Å²) in [6.45, 7) is 6.59. The lowest BCUT2D eigenvalue weighted by molar-refractivity contribution is 0.334. The molecule has 84 valence electrons. The zero-order chi connectivity index (χ0) is 11.5. The minimum Gasteiger partial charge on any atom is -0.496 e. The van der Waals surface area contributed by atoms with E-state index in [-0.39, 0.29) is 11.5 Å². The van der Waals surface area contributed by atoms with Crippen molar-refractivity contribution in [3.8, 4) is 5.75 Å². The van der Waals surface area contributed by atoms with Crippen LogP contribution in [0.4, 0.5) is 0 Å². The van der Waals surface area contributed by atoms with E-state index in [1.807, 2.05) is 24.3 Å². The average Bonchev–Trinajstić information content (AvgIpc) is 2.15. The number of hydrogen-bond acceptors (Lipinski definition) is 2. The molecule has 0 unspecified atom stereocenters. The SMILES string of the molecule is COc1ccccc1[C@@H](N)CC(C)(C)C.